The maximum atomic E-state index is 11.0. The molecule has 0 amide bonds. The SMILES string of the molecule is Cc1cccc(C)c1[C@@](C)(N)C(=O)O. The highest BCUT2D eigenvalue weighted by Gasteiger charge is 2.32. The number of carboxylic acids is 1. The zero-order chi connectivity index (χ0) is 10.9. The van der Waals surface area contributed by atoms with Crippen molar-refractivity contribution in [3.8, 4) is 0 Å². The average molecular weight is 193 g/mol. The first-order valence-corrected chi connectivity index (χ1v) is 4.46. The minimum absolute atomic E-state index is 0.701. The molecule has 1 rings (SSSR count). The molecule has 0 aliphatic carbocycles. The zero-order valence-electron chi connectivity index (χ0n) is 8.66. The van der Waals surface area contributed by atoms with E-state index in [1.54, 1.807) is 0 Å². The molecular formula is C11H15NO2. The Labute approximate surface area is 83.6 Å². The summed E-state index contributed by atoms with van der Waals surface area (Å²) in [6, 6.07) is 5.64. The summed E-state index contributed by atoms with van der Waals surface area (Å²) in [5, 5.41) is 9.02. The molecule has 0 radical (unpaired) electrons. The smallest absolute Gasteiger partial charge is 0.328 e. The van der Waals surface area contributed by atoms with Gasteiger partial charge in [-0.1, -0.05) is 18.2 Å². The van der Waals surface area contributed by atoms with Crippen LogP contribution in [0.4, 0.5) is 0 Å². The molecule has 0 saturated heterocycles. The third kappa shape index (κ3) is 1.63. The summed E-state index contributed by atoms with van der Waals surface area (Å²) in [6.45, 7) is 5.26. The third-order valence-corrected chi connectivity index (χ3v) is 2.44. The van der Waals surface area contributed by atoms with Crippen LogP contribution in [0.1, 0.15) is 23.6 Å². The van der Waals surface area contributed by atoms with Crippen molar-refractivity contribution >= 4 is 5.97 Å². The quantitative estimate of drug-likeness (QED) is 0.749. The van der Waals surface area contributed by atoms with E-state index in [2.05, 4.69) is 0 Å². The Morgan fingerprint density at radius 3 is 2.14 bits per heavy atom. The average Bonchev–Trinajstić information content (AvgIpc) is 2.02. The second-order valence-electron chi connectivity index (χ2n) is 3.77. The van der Waals surface area contributed by atoms with Crippen LogP contribution in [-0.2, 0) is 10.3 Å². The van der Waals surface area contributed by atoms with E-state index in [1.807, 2.05) is 32.0 Å². The predicted octanol–water partition coefficient (Wildman–Crippen LogP) is 1.56. The van der Waals surface area contributed by atoms with Gasteiger partial charge in [0.05, 0.1) is 0 Å². The molecule has 0 unspecified atom stereocenters. The molecule has 76 valence electrons. The van der Waals surface area contributed by atoms with Gasteiger partial charge in [0.25, 0.3) is 0 Å². The van der Waals surface area contributed by atoms with E-state index in [1.165, 1.54) is 6.92 Å². The summed E-state index contributed by atoms with van der Waals surface area (Å²) in [5.74, 6) is -1.00. The lowest BCUT2D eigenvalue weighted by Gasteiger charge is -2.24. The minimum atomic E-state index is -1.31. The monoisotopic (exact) mass is 193 g/mol. The Kier molecular flexibility index (Phi) is 2.62. The number of nitrogens with two attached hydrogens (primary N) is 1. The first-order chi connectivity index (χ1) is 6.37. The topological polar surface area (TPSA) is 63.3 Å². The van der Waals surface area contributed by atoms with Crippen LogP contribution in [0.2, 0.25) is 0 Å². The van der Waals surface area contributed by atoms with Crippen molar-refractivity contribution in [1.29, 1.82) is 0 Å². The van der Waals surface area contributed by atoms with Crippen molar-refractivity contribution in [1.82, 2.24) is 0 Å². The normalized spacial score (nSPS) is 14.9. The highest BCUT2D eigenvalue weighted by Crippen LogP contribution is 2.25. The van der Waals surface area contributed by atoms with Crippen LogP contribution < -0.4 is 5.73 Å². The zero-order valence-corrected chi connectivity index (χ0v) is 8.66. The van der Waals surface area contributed by atoms with E-state index in [4.69, 9.17) is 10.8 Å². The highest BCUT2D eigenvalue weighted by atomic mass is 16.4. The van der Waals surface area contributed by atoms with Crippen LogP contribution >= 0.6 is 0 Å². The largest absolute Gasteiger partial charge is 0.480 e. The molecule has 1 atom stereocenters. The van der Waals surface area contributed by atoms with Gasteiger partial charge in [0.1, 0.15) is 5.54 Å². The van der Waals surface area contributed by atoms with E-state index in [9.17, 15) is 4.79 Å². The molecule has 0 bridgehead atoms. The van der Waals surface area contributed by atoms with Crippen LogP contribution in [0, 0.1) is 13.8 Å². The summed E-state index contributed by atoms with van der Waals surface area (Å²) in [7, 11) is 0. The van der Waals surface area contributed by atoms with Crippen molar-refractivity contribution in [2.45, 2.75) is 26.3 Å². The maximum Gasteiger partial charge on any atom is 0.328 e. The lowest BCUT2D eigenvalue weighted by molar-refractivity contribution is -0.143. The predicted molar refractivity (Wildman–Crippen MR) is 55.1 cm³/mol. The summed E-state index contributed by atoms with van der Waals surface area (Å²) in [5.41, 5.74) is 7.00. The fourth-order valence-electron chi connectivity index (χ4n) is 1.74. The fourth-order valence-corrected chi connectivity index (χ4v) is 1.74. The van der Waals surface area contributed by atoms with E-state index < -0.39 is 11.5 Å². The summed E-state index contributed by atoms with van der Waals surface area (Å²) in [6.07, 6.45) is 0. The van der Waals surface area contributed by atoms with E-state index >= 15 is 0 Å². The van der Waals surface area contributed by atoms with Crippen LogP contribution in [0.25, 0.3) is 0 Å². The van der Waals surface area contributed by atoms with Crippen LogP contribution in [0.15, 0.2) is 18.2 Å². The molecule has 0 aliphatic heterocycles. The van der Waals surface area contributed by atoms with Gasteiger partial charge in [-0.05, 0) is 37.5 Å². The summed E-state index contributed by atoms with van der Waals surface area (Å²) >= 11 is 0. The van der Waals surface area contributed by atoms with E-state index in [-0.39, 0.29) is 0 Å². The highest BCUT2D eigenvalue weighted by molar-refractivity contribution is 5.81. The molecule has 0 heterocycles. The molecule has 3 nitrogen and oxygen atoms in total. The van der Waals surface area contributed by atoms with Crippen LogP contribution in [-0.4, -0.2) is 11.1 Å². The van der Waals surface area contributed by atoms with Crippen LogP contribution in [0.3, 0.4) is 0 Å². The minimum Gasteiger partial charge on any atom is -0.480 e. The molecule has 1 aromatic rings. The first kappa shape index (κ1) is 10.7. The number of hydrogen-bond acceptors (Lipinski definition) is 2. The second kappa shape index (κ2) is 3.42. The molecule has 1 aromatic carbocycles. The van der Waals surface area contributed by atoms with Crippen molar-refractivity contribution in [3.05, 3.63) is 34.9 Å². The van der Waals surface area contributed by atoms with Gasteiger partial charge in [0.15, 0.2) is 0 Å². The third-order valence-electron chi connectivity index (χ3n) is 2.44. The lowest BCUT2D eigenvalue weighted by Crippen LogP contribution is -2.42. The number of carbonyl (C=O) groups is 1. The Balaban J connectivity index is 3.38. The molecule has 0 fully saturated rings. The van der Waals surface area contributed by atoms with Gasteiger partial charge in [0, 0.05) is 0 Å². The van der Waals surface area contributed by atoms with Gasteiger partial charge in [-0.3, -0.25) is 0 Å². The molecule has 3 N–H and O–H groups in total. The van der Waals surface area contributed by atoms with E-state index in [0.717, 1.165) is 11.1 Å². The summed E-state index contributed by atoms with van der Waals surface area (Å²) in [4.78, 5) is 11.0. The van der Waals surface area contributed by atoms with Gasteiger partial charge in [-0.2, -0.15) is 0 Å². The number of rotatable bonds is 2. The number of hydrogen-bond donors (Lipinski definition) is 2. The molecule has 0 saturated carbocycles. The van der Waals surface area contributed by atoms with Gasteiger partial charge in [-0.15, -0.1) is 0 Å². The number of benzene rings is 1. The van der Waals surface area contributed by atoms with Gasteiger partial charge in [-0.25, -0.2) is 4.79 Å². The Bertz CT molecular complexity index is 349. The molecule has 0 aliphatic rings. The molecular weight excluding hydrogens is 178 g/mol. The number of carboxylic acid groups (broad SMARTS) is 1. The molecule has 0 aromatic heterocycles. The van der Waals surface area contributed by atoms with Crippen molar-refractivity contribution in [2.24, 2.45) is 5.73 Å². The lowest BCUT2D eigenvalue weighted by atomic mass is 9.86. The second-order valence-corrected chi connectivity index (χ2v) is 3.77. The maximum absolute atomic E-state index is 11.0. The van der Waals surface area contributed by atoms with Gasteiger partial charge >= 0.3 is 5.97 Å². The summed E-state index contributed by atoms with van der Waals surface area (Å²) < 4.78 is 0. The van der Waals surface area contributed by atoms with Gasteiger partial charge in [0.2, 0.25) is 0 Å². The fraction of sp³-hybridized carbons (Fsp3) is 0.364. The van der Waals surface area contributed by atoms with Crippen molar-refractivity contribution < 1.29 is 9.90 Å². The number of aliphatic carboxylic acids is 1. The Morgan fingerprint density at radius 2 is 1.79 bits per heavy atom. The molecule has 14 heavy (non-hydrogen) atoms. The first-order valence-electron chi connectivity index (χ1n) is 4.46. The number of aryl methyl sites for hydroxylation is 2. The van der Waals surface area contributed by atoms with Crippen LogP contribution in [0.5, 0.6) is 0 Å². The Morgan fingerprint density at radius 1 is 1.36 bits per heavy atom. The standard InChI is InChI=1S/C11H15NO2/c1-7-5-4-6-8(2)9(7)11(3,12)10(13)14/h4-6H,12H2,1-3H3,(H,13,14)/t11-/m1/s1. The molecule has 0 spiro atoms. The van der Waals surface area contributed by atoms with Crippen molar-refractivity contribution in [2.75, 3.05) is 0 Å². The van der Waals surface area contributed by atoms with Crippen molar-refractivity contribution in [3.63, 3.8) is 0 Å². The van der Waals surface area contributed by atoms with Gasteiger partial charge < -0.3 is 10.8 Å². The molecule has 3 heteroatoms. The van der Waals surface area contributed by atoms with E-state index in [0.29, 0.717) is 5.56 Å². The Hall–Kier alpha value is -1.35.